The maximum Gasteiger partial charge on any atom is 0.146 e. The molecule has 0 amide bonds. The summed E-state index contributed by atoms with van der Waals surface area (Å²) in [5, 5.41) is 0. The zero-order valence-corrected chi connectivity index (χ0v) is 10.0. The van der Waals surface area contributed by atoms with Gasteiger partial charge in [0.15, 0.2) is 0 Å². The topological polar surface area (TPSA) is 20.3 Å². The van der Waals surface area contributed by atoms with Crippen LogP contribution in [0.5, 0.6) is 0 Å². The van der Waals surface area contributed by atoms with Crippen LogP contribution in [0, 0.1) is 0 Å². The van der Waals surface area contributed by atoms with Gasteiger partial charge in [-0.3, -0.25) is 9.69 Å². The van der Waals surface area contributed by atoms with Gasteiger partial charge in [-0.15, -0.1) is 0 Å². The molecule has 0 aromatic carbocycles. The molecule has 2 heteroatoms. The third-order valence-corrected chi connectivity index (χ3v) is 2.45. The van der Waals surface area contributed by atoms with E-state index in [-0.39, 0.29) is 0 Å². The van der Waals surface area contributed by atoms with Crippen LogP contribution in [0.1, 0.15) is 52.9 Å². The average Bonchev–Trinajstić information content (AvgIpc) is 2.21. The number of nitrogens with zero attached hydrogens (tertiary/aromatic N) is 1. The number of unbranched alkanes of at least 4 members (excludes halogenated alkanes) is 2. The van der Waals surface area contributed by atoms with Gasteiger partial charge in [-0.2, -0.15) is 0 Å². The van der Waals surface area contributed by atoms with E-state index in [0.29, 0.717) is 18.7 Å². The summed E-state index contributed by atoms with van der Waals surface area (Å²) in [6.07, 6.45) is 5.52. The summed E-state index contributed by atoms with van der Waals surface area (Å²) in [7, 11) is 0. The molecular weight excluding hydrogens is 174 g/mol. The molecule has 84 valence electrons. The summed E-state index contributed by atoms with van der Waals surface area (Å²) in [4.78, 5) is 13.6. The third-order valence-electron chi connectivity index (χ3n) is 2.45. The number of hydrogen-bond acceptors (Lipinski definition) is 2. The van der Waals surface area contributed by atoms with Crippen molar-refractivity contribution >= 4 is 5.78 Å². The van der Waals surface area contributed by atoms with Gasteiger partial charge in [0.05, 0.1) is 6.54 Å². The highest BCUT2D eigenvalue weighted by Crippen LogP contribution is 2.00. The third kappa shape index (κ3) is 7.07. The van der Waals surface area contributed by atoms with E-state index < -0.39 is 0 Å². The first-order valence-corrected chi connectivity index (χ1v) is 5.98. The molecule has 0 N–H and O–H groups in total. The number of carbonyl (C=O) groups excluding carboxylic acids is 1. The van der Waals surface area contributed by atoms with Crippen molar-refractivity contribution in [1.29, 1.82) is 0 Å². The van der Waals surface area contributed by atoms with Crippen molar-refractivity contribution in [3.05, 3.63) is 0 Å². The number of Topliss-reactive ketones (excluding diaryl/α,β-unsaturated/α-hetero) is 1. The highest BCUT2D eigenvalue weighted by atomic mass is 16.1. The first-order chi connectivity index (χ1) is 6.74. The Bertz CT molecular complexity index is 137. The van der Waals surface area contributed by atoms with Gasteiger partial charge >= 0.3 is 0 Å². The molecule has 0 bridgehead atoms. The fourth-order valence-corrected chi connectivity index (χ4v) is 1.39. The van der Waals surface area contributed by atoms with Gasteiger partial charge in [0.25, 0.3) is 0 Å². The zero-order valence-electron chi connectivity index (χ0n) is 10.0. The van der Waals surface area contributed by atoms with Crippen LogP contribution in [-0.4, -0.2) is 30.3 Å². The second kappa shape index (κ2) is 9.20. The predicted molar refractivity (Wildman–Crippen MR) is 61.6 cm³/mol. The van der Waals surface area contributed by atoms with Crippen LogP contribution < -0.4 is 0 Å². The molecule has 0 aliphatic rings. The molecule has 0 rings (SSSR count). The van der Waals surface area contributed by atoms with Crippen molar-refractivity contribution in [1.82, 2.24) is 4.90 Å². The average molecular weight is 199 g/mol. The van der Waals surface area contributed by atoms with Crippen LogP contribution in [0.2, 0.25) is 0 Å². The molecule has 0 aliphatic carbocycles. The molecule has 0 atom stereocenters. The molecule has 0 aliphatic heterocycles. The van der Waals surface area contributed by atoms with Crippen molar-refractivity contribution in [2.45, 2.75) is 52.9 Å². The molecule has 0 aromatic rings. The summed E-state index contributed by atoms with van der Waals surface area (Å²) in [5.41, 5.74) is 0. The summed E-state index contributed by atoms with van der Waals surface area (Å²) in [5.74, 6) is 0.372. The Balaban J connectivity index is 3.77. The molecule has 0 aromatic heterocycles. The Morgan fingerprint density at radius 2 is 1.50 bits per heavy atom. The molecule has 14 heavy (non-hydrogen) atoms. The van der Waals surface area contributed by atoms with Gasteiger partial charge in [-0.1, -0.05) is 33.6 Å². The van der Waals surface area contributed by atoms with Gasteiger partial charge in [-0.05, 0) is 25.9 Å². The highest BCUT2D eigenvalue weighted by Gasteiger charge is 2.07. The van der Waals surface area contributed by atoms with E-state index in [1.54, 1.807) is 0 Å². The molecule has 0 radical (unpaired) electrons. The predicted octanol–water partition coefficient (Wildman–Crippen LogP) is 2.87. The van der Waals surface area contributed by atoms with Gasteiger partial charge in [0.2, 0.25) is 0 Å². The van der Waals surface area contributed by atoms with Gasteiger partial charge < -0.3 is 0 Å². The van der Waals surface area contributed by atoms with E-state index in [2.05, 4.69) is 18.7 Å². The van der Waals surface area contributed by atoms with Crippen molar-refractivity contribution < 1.29 is 4.79 Å². The van der Waals surface area contributed by atoms with Crippen LogP contribution >= 0.6 is 0 Å². The SMILES string of the molecule is CCCCN(CCCC)CC(=O)CC. The first kappa shape index (κ1) is 13.6. The van der Waals surface area contributed by atoms with Gasteiger partial charge in [0.1, 0.15) is 5.78 Å². The second-order valence-electron chi connectivity index (χ2n) is 3.88. The second-order valence-corrected chi connectivity index (χ2v) is 3.88. The van der Waals surface area contributed by atoms with Crippen LogP contribution in [0.25, 0.3) is 0 Å². The molecule has 0 heterocycles. The molecular formula is C12H25NO. The van der Waals surface area contributed by atoms with Crippen molar-refractivity contribution in [2.75, 3.05) is 19.6 Å². The quantitative estimate of drug-likeness (QED) is 0.569. The number of carbonyl (C=O) groups is 1. The number of hydrogen-bond donors (Lipinski definition) is 0. The Morgan fingerprint density at radius 1 is 1.00 bits per heavy atom. The summed E-state index contributed by atoms with van der Waals surface area (Å²) in [6, 6.07) is 0. The normalized spacial score (nSPS) is 10.9. The lowest BCUT2D eigenvalue weighted by Crippen LogP contribution is -2.31. The van der Waals surface area contributed by atoms with E-state index >= 15 is 0 Å². The van der Waals surface area contributed by atoms with Crippen LogP contribution in [0.15, 0.2) is 0 Å². The summed E-state index contributed by atoms with van der Waals surface area (Å²) in [6.45, 7) is 9.17. The number of rotatable bonds is 9. The Kier molecular flexibility index (Phi) is 8.95. The molecule has 0 spiro atoms. The first-order valence-electron chi connectivity index (χ1n) is 5.98. The van der Waals surface area contributed by atoms with Crippen LogP contribution in [0.4, 0.5) is 0 Å². The minimum Gasteiger partial charge on any atom is -0.298 e. The van der Waals surface area contributed by atoms with E-state index in [9.17, 15) is 4.79 Å². The van der Waals surface area contributed by atoms with Gasteiger partial charge in [-0.25, -0.2) is 0 Å². The Labute approximate surface area is 88.7 Å². The minimum absolute atomic E-state index is 0.372. The fraction of sp³-hybridized carbons (Fsp3) is 0.917. The van der Waals surface area contributed by atoms with Crippen LogP contribution in [-0.2, 0) is 4.79 Å². The lowest BCUT2D eigenvalue weighted by molar-refractivity contribution is -0.119. The van der Waals surface area contributed by atoms with E-state index in [4.69, 9.17) is 0 Å². The van der Waals surface area contributed by atoms with Crippen molar-refractivity contribution in [2.24, 2.45) is 0 Å². The monoisotopic (exact) mass is 199 g/mol. The van der Waals surface area contributed by atoms with E-state index in [0.717, 1.165) is 13.1 Å². The molecule has 0 fully saturated rings. The molecule has 2 nitrogen and oxygen atoms in total. The minimum atomic E-state index is 0.372. The lowest BCUT2D eigenvalue weighted by atomic mass is 10.2. The molecule has 0 saturated heterocycles. The van der Waals surface area contributed by atoms with Gasteiger partial charge in [0, 0.05) is 6.42 Å². The fourth-order valence-electron chi connectivity index (χ4n) is 1.39. The largest absolute Gasteiger partial charge is 0.298 e. The smallest absolute Gasteiger partial charge is 0.146 e. The maximum absolute atomic E-state index is 11.3. The molecule has 0 saturated carbocycles. The Hall–Kier alpha value is -0.370. The lowest BCUT2D eigenvalue weighted by Gasteiger charge is -2.20. The number of ketones is 1. The Morgan fingerprint density at radius 3 is 1.86 bits per heavy atom. The zero-order chi connectivity index (χ0) is 10.8. The van der Waals surface area contributed by atoms with Crippen LogP contribution in [0.3, 0.4) is 0 Å². The highest BCUT2D eigenvalue weighted by molar-refractivity contribution is 5.80. The van der Waals surface area contributed by atoms with E-state index in [1.165, 1.54) is 25.7 Å². The van der Waals surface area contributed by atoms with Crippen molar-refractivity contribution in [3.63, 3.8) is 0 Å². The standard InChI is InChI=1S/C12H25NO/c1-4-7-9-13(10-8-5-2)11-12(14)6-3/h4-11H2,1-3H3. The maximum atomic E-state index is 11.3. The molecule has 0 unspecified atom stereocenters. The summed E-state index contributed by atoms with van der Waals surface area (Å²) >= 11 is 0. The van der Waals surface area contributed by atoms with E-state index in [1.807, 2.05) is 6.92 Å². The van der Waals surface area contributed by atoms with Crippen molar-refractivity contribution in [3.8, 4) is 0 Å². The summed E-state index contributed by atoms with van der Waals surface area (Å²) < 4.78 is 0.